The largest absolute Gasteiger partial charge is 0.493 e. The van der Waals surface area contributed by atoms with Gasteiger partial charge in [0.1, 0.15) is 6.23 Å². The molecule has 0 fully saturated rings. The number of hydrogen-bond donors (Lipinski definition) is 3. The first-order valence-corrected chi connectivity index (χ1v) is 15.5. The molecule has 11 nitrogen and oxygen atoms in total. The molecular formula is C34H42N4O7. The van der Waals surface area contributed by atoms with Gasteiger partial charge in [-0.25, -0.2) is 0 Å². The molecule has 4 aliphatic rings. The van der Waals surface area contributed by atoms with Gasteiger partial charge in [0, 0.05) is 31.1 Å². The van der Waals surface area contributed by atoms with Crippen LogP contribution < -0.4 is 29.6 Å². The highest BCUT2D eigenvalue weighted by atomic mass is 16.5. The second-order valence-electron chi connectivity index (χ2n) is 12.5. The van der Waals surface area contributed by atoms with Crippen LogP contribution in [0.1, 0.15) is 73.6 Å². The Labute approximate surface area is 263 Å². The minimum atomic E-state index is -0.953. The van der Waals surface area contributed by atoms with Gasteiger partial charge in [0.15, 0.2) is 23.0 Å². The average molecular weight is 619 g/mol. The summed E-state index contributed by atoms with van der Waals surface area (Å²) in [5.41, 5.74) is 3.72. The smallest absolute Gasteiger partial charge is 0.260 e. The van der Waals surface area contributed by atoms with E-state index in [0.717, 1.165) is 36.9 Å². The Morgan fingerprint density at radius 3 is 2.11 bits per heavy atom. The third-order valence-electron chi connectivity index (χ3n) is 9.08. The molecule has 0 saturated heterocycles. The van der Waals surface area contributed by atoms with Crippen LogP contribution in [0.2, 0.25) is 0 Å². The molecule has 0 bridgehead atoms. The number of nitrogens with zero attached hydrogens (tertiary/aromatic N) is 2. The van der Waals surface area contributed by atoms with Crippen molar-refractivity contribution >= 4 is 23.2 Å². The molecule has 2 aromatic carbocycles. The summed E-state index contributed by atoms with van der Waals surface area (Å²) < 4.78 is 23.3. The van der Waals surface area contributed by atoms with Gasteiger partial charge in [0.25, 0.3) is 11.8 Å². The van der Waals surface area contributed by atoms with Crippen molar-refractivity contribution < 1.29 is 33.6 Å². The molecule has 0 saturated carbocycles. The summed E-state index contributed by atoms with van der Waals surface area (Å²) in [5.74, 6) is 1.85. The van der Waals surface area contributed by atoms with Crippen molar-refractivity contribution in [3.63, 3.8) is 0 Å². The fourth-order valence-electron chi connectivity index (χ4n) is 6.67. The zero-order valence-corrected chi connectivity index (χ0v) is 26.6. The fraction of sp³-hybridized carbons (Fsp3) is 0.471. The highest BCUT2D eigenvalue weighted by molar-refractivity contribution is 6.03. The first-order valence-electron chi connectivity index (χ1n) is 15.5. The Morgan fingerprint density at radius 2 is 1.47 bits per heavy atom. The molecule has 6 rings (SSSR count). The molecule has 11 heteroatoms. The number of anilines is 2. The van der Waals surface area contributed by atoms with Crippen LogP contribution in [0.3, 0.4) is 0 Å². The quantitative estimate of drug-likeness (QED) is 0.311. The van der Waals surface area contributed by atoms with E-state index in [1.807, 2.05) is 44.1 Å². The molecule has 0 aliphatic carbocycles. The lowest BCUT2D eigenvalue weighted by Gasteiger charge is -2.36. The number of rotatable bonds is 10. The van der Waals surface area contributed by atoms with Crippen LogP contribution in [-0.4, -0.2) is 78.5 Å². The number of carbonyl (C=O) groups is 2. The summed E-state index contributed by atoms with van der Waals surface area (Å²) in [6, 6.07) is 7.13. The fourth-order valence-corrected chi connectivity index (χ4v) is 6.67. The molecule has 240 valence electrons. The maximum atomic E-state index is 13.4. The third-order valence-corrected chi connectivity index (χ3v) is 9.08. The van der Waals surface area contributed by atoms with E-state index < -0.39 is 11.8 Å². The lowest BCUT2D eigenvalue weighted by molar-refractivity contribution is 0.0298. The van der Waals surface area contributed by atoms with E-state index in [-0.39, 0.29) is 17.9 Å². The maximum Gasteiger partial charge on any atom is 0.260 e. The van der Waals surface area contributed by atoms with Crippen molar-refractivity contribution in [2.45, 2.75) is 70.7 Å². The number of aliphatic hydroxyl groups is 1. The van der Waals surface area contributed by atoms with Crippen LogP contribution in [-0.2, 0) is 0 Å². The first-order chi connectivity index (χ1) is 21.6. The number of carbonyl (C=O) groups excluding carboxylic acids is 2. The van der Waals surface area contributed by atoms with Gasteiger partial charge in [-0.1, -0.05) is 11.1 Å². The van der Waals surface area contributed by atoms with Gasteiger partial charge in [-0.15, -0.1) is 0 Å². The topological polar surface area (TPSA) is 122 Å². The summed E-state index contributed by atoms with van der Waals surface area (Å²) in [6.45, 7) is 7.48. The molecule has 3 N–H and O–H groups in total. The van der Waals surface area contributed by atoms with Crippen molar-refractivity contribution in [2.75, 3.05) is 44.6 Å². The number of nitrogens with one attached hydrogen (secondary N) is 2. The lowest BCUT2D eigenvalue weighted by Crippen LogP contribution is -2.53. The summed E-state index contributed by atoms with van der Waals surface area (Å²) in [5, 5.41) is 17.6. The van der Waals surface area contributed by atoms with Gasteiger partial charge in [-0.2, -0.15) is 0 Å². The van der Waals surface area contributed by atoms with E-state index >= 15 is 0 Å². The second kappa shape index (κ2) is 12.2. The highest BCUT2D eigenvalue weighted by Gasteiger charge is 2.48. The zero-order valence-electron chi connectivity index (χ0n) is 26.6. The van der Waals surface area contributed by atoms with E-state index in [2.05, 4.69) is 10.6 Å². The molecule has 3 atom stereocenters. The molecule has 0 unspecified atom stereocenters. The molecular weight excluding hydrogens is 576 g/mol. The van der Waals surface area contributed by atoms with Crippen molar-refractivity contribution in [3.8, 4) is 23.0 Å². The number of ether oxygens (including phenoxy) is 4. The van der Waals surface area contributed by atoms with Crippen LogP contribution in [0.25, 0.3) is 0 Å². The first kappa shape index (κ1) is 30.6. The van der Waals surface area contributed by atoms with Crippen LogP contribution >= 0.6 is 0 Å². The van der Waals surface area contributed by atoms with Crippen LogP contribution in [0, 0.1) is 0 Å². The molecule has 0 spiro atoms. The van der Waals surface area contributed by atoms with Crippen LogP contribution in [0.4, 0.5) is 11.4 Å². The van der Waals surface area contributed by atoms with Gasteiger partial charge < -0.3 is 44.5 Å². The van der Waals surface area contributed by atoms with E-state index in [1.165, 1.54) is 5.57 Å². The standard InChI is InChI=1S/C34H42N4O7/c1-20-11-22-17-35-25-14-29(27(42-4)12-23(25)31(39)37(22)18-20)44-9-7-6-8-10-45-30-15-26-24(13-28(30)43-5)32(40)38-19-21(2)16-34(38,3)33(41)36-26/h12-15,18-19,22,33,35-36,41H,6-11,16-17H2,1-5H3/t22-,33-,34-/m0/s1. The number of benzene rings is 2. The summed E-state index contributed by atoms with van der Waals surface area (Å²) in [4.78, 5) is 30.1. The average Bonchev–Trinajstić information content (AvgIpc) is 3.51. The molecule has 4 heterocycles. The van der Waals surface area contributed by atoms with Gasteiger partial charge in [-0.3, -0.25) is 9.59 Å². The van der Waals surface area contributed by atoms with E-state index in [4.69, 9.17) is 18.9 Å². The molecule has 4 aliphatic heterocycles. The van der Waals surface area contributed by atoms with Crippen molar-refractivity contribution in [2.24, 2.45) is 0 Å². The maximum absolute atomic E-state index is 13.4. The number of fused-ring (bicyclic) bond motifs is 4. The lowest BCUT2D eigenvalue weighted by atomic mass is 9.94. The highest BCUT2D eigenvalue weighted by Crippen LogP contribution is 2.43. The SMILES string of the molecule is COc1cc2c(cc1OCCCCCOc1cc3c(cc1OC)C(=O)N1C=C(C)C[C@@]1(C)[C@H](O)N3)NC[C@@H]1CC(C)=CN1C2=O. The van der Waals surface area contributed by atoms with Crippen LogP contribution in [0.5, 0.6) is 23.0 Å². The number of aliphatic hydroxyl groups excluding tert-OH is 1. The van der Waals surface area contributed by atoms with Gasteiger partial charge in [0.2, 0.25) is 0 Å². The van der Waals surface area contributed by atoms with E-state index in [1.54, 1.807) is 37.3 Å². The molecule has 45 heavy (non-hydrogen) atoms. The van der Waals surface area contributed by atoms with Crippen LogP contribution in [0.15, 0.2) is 47.8 Å². The summed E-state index contributed by atoms with van der Waals surface area (Å²) >= 11 is 0. The van der Waals surface area contributed by atoms with E-state index in [9.17, 15) is 14.7 Å². The van der Waals surface area contributed by atoms with E-state index in [0.29, 0.717) is 66.0 Å². The Morgan fingerprint density at radius 1 is 0.844 bits per heavy atom. The number of methoxy groups -OCH3 is 2. The van der Waals surface area contributed by atoms with Gasteiger partial charge in [-0.05, 0) is 65.0 Å². The summed E-state index contributed by atoms with van der Waals surface area (Å²) in [6.07, 6.45) is 6.67. The second-order valence-corrected chi connectivity index (χ2v) is 12.5. The predicted molar refractivity (Wildman–Crippen MR) is 170 cm³/mol. The van der Waals surface area contributed by atoms with Gasteiger partial charge >= 0.3 is 0 Å². The molecule has 0 aromatic heterocycles. The van der Waals surface area contributed by atoms with Gasteiger partial charge in [0.05, 0.1) is 61.5 Å². The van der Waals surface area contributed by atoms with Crippen molar-refractivity contribution in [1.82, 2.24) is 9.80 Å². The number of unbranched alkanes of at least 4 members (excludes halogenated alkanes) is 2. The Balaban J connectivity index is 1.03. The van der Waals surface area contributed by atoms with Crippen molar-refractivity contribution in [1.29, 1.82) is 0 Å². The third kappa shape index (κ3) is 5.65. The molecule has 0 radical (unpaired) electrons. The Bertz CT molecular complexity index is 1570. The molecule has 2 aromatic rings. The monoisotopic (exact) mass is 618 g/mol. The number of hydrogen-bond acceptors (Lipinski definition) is 9. The zero-order chi connectivity index (χ0) is 31.9. The predicted octanol–water partition coefficient (Wildman–Crippen LogP) is 5.13. The Kier molecular flexibility index (Phi) is 8.30. The number of amides is 2. The minimum Gasteiger partial charge on any atom is -0.493 e. The normalized spacial score (nSPS) is 23.3. The summed E-state index contributed by atoms with van der Waals surface area (Å²) in [7, 11) is 3.12. The molecule has 2 amide bonds. The van der Waals surface area contributed by atoms with Crippen molar-refractivity contribution in [3.05, 3.63) is 58.9 Å². The minimum absolute atomic E-state index is 0.0340. The Hall–Kier alpha value is -4.38.